The lowest BCUT2D eigenvalue weighted by atomic mass is 9.91. The van der Waals surface area contributed by atoms with Crippen LogP contribution >= 0.6 is 11.6 Å². The second-order valence-electron chi connectivity index (χ2n) is 7.99. The first-order valence-corrected chi connectivity index (χ1v) is 10.5. The van der Waals surface area contributed by atoms with Gasteiger partial charge in [0.05, 0.1) is 6.04 Å². The van der Waals surface area contributed by atoms with Crippen LogP contribution in [0.25, 0.3) is 12.2 Å². The Morgan fingerprint density at radius 2 is 1.75 bits per heavy atom. The van der Waals surface area contributed by atoms with E-state index < -0.39 is 0 Å². The quantitative estimate of drug-likeness (QED) is 0.700. The number of nitrogens with one attached hydrogen (secondary N) is 1. The van der Waals surface area contributed by atoms with Crippen molar-refractivity contribution in [1.82, 2.24) is 9.88 Å². The van der Waals surface area contributed by atoms with Crippen molar-refractivity contribution in [2.45, 2.75) is 38.8 Å². The Hall–Kier alpha value is -2.29. The minimum Gasteiger partial charge on any atom is -0.357 e. The summed E-state index contributed by atoms with van der Waals surface area (Å²) in [6, 6.07) is 17.6. The highest BCUT2D eigenvalue weighted by Crippen LogP contribution is 2.34. The van der Waals surface area contributed by atoms with Gasteiger partial charge in [0.15, 0.2) is 0 Å². The van der Waals surface area contributed by atoms with Crippen molar-refractivity contribution in [3.8, 4) is 0 Å². The highest BCUT2D eigenvalue weighted by molar-refractivity contribution is 6.30. The Morgan fingerprint density at radius 3 is 2.54 bits per heavy atom. The molecule has 1 N–H and O–H groups in total. The third kappa shape index (κ3) is 3.21. The van der Waals surface area contributed by atoms with Crippen LogP contribution in [0.4, 0.5) is 0 Å². The van der Waals surface area contributed by atoms with E-state index >= 15 is 0 Å². The van der Waals surface area contributed by atoms with E-state index in [-0.39, 0.29) is 6.04 Å². The van der Waals surface area contributed by atoms with Crippen molar-refractivity contribution in [2.24, 2.45) is 0 Å². The number of aromatic nitrogens is 1. The third-order valence-electron chi connectivity index (χ3n) is 6.05. The molecule has 1 aliphatic carbocycles. The van der Waals surface area contributed by atoms with Crippen LogP contribution in [0.5, 0.6) is 0 Å². The minimum absolute atomic E-state index is 0.257. The lowest BCUT2D eigenvalue weighted by Crippen LogP contribution is -2.37. The van der Waals surface area contributed by atoms with Gasteiger partial charge in [-0.2, -0.15) is 0 Å². The fourth-order valence-corrected chi connectivity index (χ4v) is 4.76. The molecule has 0 fully saturated rings. The van der Waals surface area contributed by atoms with E-state index in [1.807, 2.05) is 12.1 Å². The molecule has 5 rings (SSSR count). The van der Waals surface area contributed by atoms with E-state index in [2.05, 4.69) is 65.4 Å². The van der Waals surface area contributed by atoms with Crippen LogP contribution in [0, 0.1) is 6.92 Å². The molecule has 0 amide bonds. The number of nitrogens with zero attached hydrogens (tertiary/aromatic N) is 1. The minimum atomic E-state index is 0.257. The second-order valence-corrected chi connectivity index (χ2v) is 8.43. The number of hydrogen-bond donors (Lipinski definition) is 1. The van der Waals surface area contributed by atoms with Crippen molar-refractivity contribution in [3.05, 3.63) is 92.1 Å². The van der Waals surface area contributed by atoms with E-state index in [0.29, 0.717) is 0 Å². The monoisotopic (exact) mass is 388 g/mol. The van der Waals surface area contributed by atoms with Crippen molar-refractivity contribution < 1.29 is 0 Å². The van der Waals surface area contributed by atoms with Gasteiger partial charge in [-0.25, -0.2) is 0 Å². The maximum Gasteiger partial charge on any atom is 0.0760 e. The average Bonchev–Trinajstić information content (AvgIpc) is 3.09. The number of aryl methyl sites for hydroxylation is 1. The van der Waals surface area contributed by atoms with Gasteiger partial charge in [-0.05, 0) is 60.2 Å². The van der Waals surface area contributed by atoms with Crippen molar-refractivity contribution in [3.63, 3.8) is 0 Å². The topological polar surface area (TPSA) is 19.0 Å². The van der Waals surface area contributed by atoms with Crippen LogP contribution in [0.15, 0.2) is 48.5 Å². The van der Waals surface area contributed by atoms with Crippen LogP contribution < -0.4 is 10.6 Å². The van der Waals surface area contributed by atoms with Crippen LogP contribution in [0.1, 0.15) is 46.8 Å². The fraction of sp³-hybridized carbons (Fsp3) is 0.280. The number of rotatable bonds is 3. The molecule has 142 valence electrons. The predicted octanol–water partition coefficient (Wildman–Crippen LogP) is 4.48. The van der Waals surface area contributed by atoms with Crippen molar-refractivity contribution >= 4 is 23.8 Å². The van der Waals surface area contributed by atoms with Crippen LogP contribution in [0.2, 0.25) is 5.02 Å². The molecule has 3 aromatic rings. The number of fused-ring (bicyclic) bond motifs is 3. The number of halogens is 1. The lowest BCUT2D eigenvalue weighted by Gasteiger charge is -2.36. The molecule has 0 bridgehead atoms. The van der Waals surface area contributed by atoms with Gasteiger partial charge in [0.25, 0.3) is 0 Å². The first-order valence-electron chi connectivity index (χ1n) is 10.2. The summed E-state index contributed by atoms with van der Waals surface area (Å²) in [7, 11) is 0. The van der Waals surface area contributed by atoms with Gasteiger partial charge in [-0.15, -0.1) is 0 Å². The van der Waals surface area contributed by atoms with Gasteiger partial charge in [-0.3, -0.25) is 4.90 Å². The Kier molecular flexibility index (Phi) is 4.62. The summed E-state index contributed by atoms with van der Waals surface area (Å²) in [6.07, 6.45) is 8.17. The Balaban J connectivity index is 1.60. The Bertz CT molecular complexity index is 1110. The molecule has 2 aliphatic rings. The summed E-state index contributed by atoms with van der Waals surface area (Å²) in [4.78, 5) is 6.39. The van der Waals surface area contributed by atoms with Crippen LogP contribution in [0.3, 0.4) is 0 Å². The molecule has 0 spiro atoms. The van der Waals surface area contributed by atoms with Crippen LogP contribution in [-0.2, 0) is 13.0 Å². The molecule has 1 unspecified atom stereocenters. The Labute approximate surface area is 171 Å². The summed E-state index contributed by atoms with van der Waals surface area (Å²) in [5.74, 6) is 0. The maximum absolute atomic E-state index is 6.09. The molecule has 0 radical (unpaired) electrons. The molecule has 1 aromatic heterocycles. The van der Waals surface area contributed by atoms with E-state index in [0.717, 1.165) is 37.4 Å². The molecule has 1 atom stereocenters. The maximum atomic E-state index is 6.09. The van der Waals surface area contributed by atoms with Gasteiger partial charge in [-0.1, -0.05) is 65.7 Å². The van der Waals surface area contributed by atoms with Gasteiger partial charge >= 0.3 is 0 Å². The standard InChI is InChI=1S/C25H25ClN2/c1-17-6-10-19(11-7-17)25-24-22(21-4-2-3-5-23(21)27-24)14-15-28(25)16-18-8-12-20(26)13-9-18/h4-13,25,27H,2-3,14-16H2,1H3. The van der Waals surface area contributed by atoms with Gasteiger partial charge in [0.2, 0.25) is 0 Å². The molecule has 3 heteroatoms. The molecule has 1 aliphatic heterocycles. The normalized spacial score (nSPS) is 18.7. The zero-order valence-electron chi connectivity index (χ0n) is 16.2. The van der Waals surface area contributed by atoms with Gasteiger partial charge in [0, 0.05) is 29.2 Å². The SMILES string of the molecule is Cc1ccc(C2c3[nH]c4c(c3CCN2Cc2ccc(Cl)cc2)=CCCC=4)cc1. The zero-order chi connectivity index (χ0) is 19.1. The summed E-state index contributed by atoms with van der Waals surface area (Å²) in [6.45, 7) is 4.14. The number of aromatic amines is 1. The second kappa shape index (κ2) is 7.27. The summed E-state index contributed by atoms with van der Waals surface area (Å²) < 4.78 is 0. The zero-order valence-corrected chi connectivity index (χ0v) is 17.0. The fourth-order valence-electron chi connectivity index (χ4n) is 4.64. The van der Waals surface area contributed by atoms with E-state index in [4.69, 9.17) is 11.6 Å². The Morgan fingerprint density at radius 1 is 1.00 bits per heavy atom. The smallest absolute Gasteiger partial charge is 0.0760 e. The first kappa shape index (κ1) is 17.8. The predicted molar refractivity (Wildman–Crippen MR) is 117 cm³/mol. The molecule has 2 nitrogen and oxygen atoms in total. The molecule has 2 aromatic carbocycles. The summed E-state index contributed by atoms with van der Waals surface area (Å²) in [5.41, 5.74) is 6.86. The summed E-state index contributed by atoms with van der Waals surface area (Å²) in [5, 5.41) is 3.56. The molecule has 2 heterocycles. The van der Waals surface area contributed by atoms with Crippen molar-refractivity contribution in [2.75, 3.05) is 6.54 Å². The summed E-state index contributed by atoms with van der Waals surface area (Å²) >= 11 is 6.09. The van der Waals surface area contributed by atoms with Gasteiger partial charge in [0.1, 0.15) is 0 Å². The van der Waals surface area contributed by atoms with E-state index in [1.165, 1.54) is 38.5 Å². The third-order valence-corrected chi connectivity index (χ3v) is 6.30. The molecule has 0 saturated carbocycles. The molecular weight excluding hydrogens is 364 g/mol. The number of benzene rings is 2. The van der Waals surface area contributed by atoms with E-state index in [1.54, 1.807) is 0 Å². The van der Waals surface area contributed by atoms with Crippen molar-refractivity contribution in [1.29, 1.82) is 0 Å². The molecule has 0 saturated heterocycles. The number of H-pyrrole nitrogens is 1. The highest BCUT2D eigenvalue weighted by atomic mass is 35.5. The first-order chi connectivity index (χ1) is 13.7. The number of hydrogen-bond acceptors (Lipinski definition) is 1. The lowest BCUT2D eigenvalue weighted by molar-refractivity contribution is 0.201. The van der Waals surface area contributed by atoms with Gasteiger partial charge < -0.3 is 4.98 Å². The molecule has 28 heavy (non-hydrogen) atoms. The largest absolute Gasteiger partial charge is 0.357 e. The van der Waals surface area contributed by atoms with E-state index in [9.17, 15) is 0 Å². The van der Waals surface area contributed by atoms with Crippen LogP contribution in [-0.4, -0.2) is 16.4 Å². The average molecular weight is 389 g/mol. The highest BCUT2D eigenvalue weighted by Gasteiger charge is 2.31. The molecular formula is C25H25ClN2.